The van der Waals surface area contributed by atoms with Gasteiger partial charge in [0.15, 0.2) is 0 Å². The molecule has 1 amide bonds. The summed E-state index contributed by atoms with van der Waals surface area (Å²) in [5, 5.41) is 0. The zero-order valence-corrected chi connectivity index (χ0v) is 15.5. The Balaban J connectivity index is 1.57. The Morgan fingerprint density at radius 1 is 1.04 bits per heavy atom. The highest BCUT2D eigenvalue weighted by Crippen LogP contribution is 2.57. The van der Waals surface area contributed by atoms with Gasteiger partial charge in [0.25, 0.3) is 0 Å². The molecule has 3 nitrogen and oxygen atoms in total. The summed E-state index contributed by atoms with van der Waals surface area (Å²) in [5.74, 6) is 0.422. The third-order valence-electron chi connectivity index (χ3n) is 6.25. The van der Waals surface area contributed by atoms with Gasteiger partial charge in [-0.25, -0.2) is 0 Å². The van der Waals surface area contributed by atoms with E-state index >= 15 is 0 Å². The molecule has 2 N–H and O–H groups in total. The van der Waals surface area contributed by atoms with E-state index < -0.39 is 0 Å². The molecule has 1 aliphatic carbocycles. The minimum Gasteiger partial charge on any atom is -0.342 e. The van der Waals surface area contributed by atoms with Crippen LogP contribution >= 0.6 is 0 Å². The van der Waals surface area contributed by atoms with Crippen LogP contribution in [0.5, 0.6) is 0 Å². The van der Waals surface area contributed by atoms with Crippen LogP contribution < -0.4 is 5.73 Å². The second kappa shape index (κ2) is 6.88. The first kappa shape index (κ1) is 17.3. The monoisotopic (exact) mass is 348 g/mol. The normalized spacial score (nSPS) is 28.5. The molecule has 1 saturated carbocycles. The lowest BCUT2D eigenvalue weighted by molar-refractivity contribution is -0.132. The smallest absolute Gasteiger partial charge is 0.226 e. The van der Waals surface area contributed by atoms with E-state index in [1.165, 1.54) is 16.7 Å². The van der Waals surface area contributed by atoms with Gasteiger partial charge in [0.05, 0.1) is 0 Å². The molecule has 2 aliphatic rings. The highest BCUT2D eigenvalue weighted by atomic mass is 16.2. The van der Waals surface area contributed by atoms with Gasteiger partial charge in [-0.15, -0.1) is 0 Å². The fraction of sp³-hybridized carbons (Fsp3) is 0.435. The maximum Gasteiger partial charge on any atom is 0.226 e. The van der Waals surface area contributed by atoms with Crippen molar-refractivity contribution in [2.45, 2.75) is 44.1 Å². The first-order valence-electron chi connectivity index (χ1n) is 9.79. The maximum atomic E-state index is 13.1. The summed E-state index contributed by atoms with van der Waals surface area (Å²) in [5.41, 5.74) is 9.80. The molecule has 0 aromatic heterocycles. The molecule has 0 bridgehead atoms. The minimum absolute atomic E-state index is 0.0576. The van der Waals surface area contributed by atoms with Gasteiger partial charge in [0.2, 0.25) is 5.91 Å². The van der Waals surface area contributed by atoms with Crippen LogP contribution in [0.1, 0.15) is 38.2 Å². The SMILES string of the molecule is CC1(c2ccccc2-c2ccccc2)CC1C(=O)N1CCCC(N)CC1. The van der Waals surface area contributed by atoms with E-state index in [0.717, 1.165) is 38.8 Å². The predicted octanol–water partition coefficient (Wildman–Crippen LogP) is 3.97. The lowest BCUT2D eigenvalue weighted by Crippen LogP contribution is -2.35. The zero-order chi connectivity index (χ0) is 18.1. The summed E-state index contributed by atoms with van der Waals surface area (Å²) < 4.78 is 0. The number of carbonyl (C=O) groups is 1. The van der Waals surface area contributed by atoms with Crippen LogP contribution in [0.2, 0.25) is 0 Å². The van der Waals surface area contributed by atoms with Crippen LogP contribution in [-0.2, 0) is 10.2 Å². The Hall–Kier alpha value is -2.13. The van der Waals surface area contributed by atoms with Crippen molar-refractivity contribution in [3.8, 4) is 11.1 Å². The summed E-state index contributed by atoms with van der Waals surface area (Å²) >= 11 is 0. The van der Waals surface area contributed by atoms with Crippen LogP contribution in [0.3, 0.4) is 0 Å². The molecule has 2 fully saturated rings. The van der Waals surface area contributed by atoms with Gasteiger partial charge in [-0.05, 0) is 42.4 Å². The standard InChI is InChI=1S/C23H28N2O/c1-23(16-21(23)22(26)25-14-7-10-18(24)13-15-25)20-12-6-5-11-19(20)17-8-3-2-4-9-17/h2-6,8-9,11-12,18,21H,7,10,13-16,24H2,1H3. The van der Waals surface area contributed by atoms with Crippen molar-refractivity contribution < 1.29 is 4.79 Å². The van der Waals surface area contributed by atoms with Crippen LogP contribution in [0.25, 0.3) is 11.1 Å². The maximum absolute atomic E-state index is 13.1. The quantitative estimate of drug-likeness (QED) is 0.912. The second-order valence-corrected chi connectivity index (χ2v) is 8.10. The molecule has 0 spiro atoms. The highest BCUT2D eigenvalue weighted by Gasteiger charge is 2.57. The third-order valence-corrected chi connectivity index (χ3v) is 6.25. The van der Waals surface area contributed by atoms with E-state index in [9.17, 15) is 4.79 Å². The number of nitrogens with zero attached hydrogens (tertiary/aromatic N) is 1. The fourth-order valence-corrected chi connectivity index (χ4v) is 4.44. The lowest BCUT2D eigenvalue weighted by Gasteiger charge is -2.23. The Bertz CT molecular complexity index is 788. The van der Waals surface area contributed by atoms with Gasteiger partial charge >= 0.3 is 0 Å². The van der Waals surface area contributed by atoms with Gasteiger partial charge < -0.3 is 10.6 Å². The molecule has 3 atom stereocenters. The van der Waals surface area contributed by atoms with Gasteiger partial charge in [-0.1, -0.05) is 61.5 Å². The van der Waals surface area contributed by atoms with Crippen molar-refractivity contribution in [3.05, 3.63) is 60.2 Å². The molecule has 3 heteroatoms. The molecule has 2 aromatic carbocycles. The van der Waals surface area contributed by atoms with E-state index in [4.69, 9.17) is 5.73 Å². The largest absolute Gasteiger partial charge is 0.342 e. The Labute approximate surface area is 156 Å². The number of benzene rings is 2. The molecule has 4 rings (SSSR count). The van der Waals surface area contributed by atoms with E-state index in [2.05, 4.69) is 60.4 Å². The summed E-state index contributed by atoms with van der Waals surface area (Å²) in [4.78, 5) is 15.2. The molecule has 1 aliphatic heterocycles. The molecular formula is C23H28N2O. The van der Waals surface area contributed by atoms with Crippen molar-refractivity contribution in [1.29, 1.82) is 0 Å². The summed E-state index contributed by atoms with van der Waals surface area (Å²) in [6.45, 7) is 3.92. The lowest BCUT2D eigenvalue weighted by atomic mass is 9.87. The summed E-state index contributed by atoms with van der Waals surface area (Å²) in [6.07, 6.45) is 3.92. The van der Waals surface area contributed by atoms with Crippen LogP contribution in [0.15, 0.2) is 54.6 Å². The Morgan fingerprint density at radius 3 is 2.58 bits per heavy atom. The number of likely N-dealkylation sites (tertiary alicyclic amines) is 1. The molecule has 0 radical (unpaired) electrons. The fourth-order valence-electron chi connectivity index (χ4n) is 4.44. The first-order chi connectivity index (χ1) is 12.6. The zero-order valence-electron chi connectivity index (χ0n) is 15.5. The second-order valence-electron chi connectivity index (χ2n) is 8.10. The Morgan fingerprint density at radius 2 is 1.77 bits per heavy atom. The van der Waals surface area contributed by atoms with Gasteiger partial charge in [-0.3, -0.25) is 4.79 Å². The van der Waals surface area contributed by atoms with Crippen molar-refractivity contribution in [2.75, 3.05) is 13.1 Å². The highest BCUT2D eigenvalue weighted by molar-refractivity contribution is 5.85. The third kappa shape index (κ3) is 3.16. The number of hydrogen-bond acceptors (Lipinski definition) is 2. The molecular weight excluding hydrogens is 320 g/mol. The van der Waals surface area contributed by atoms with Crippen molar-refractivity contribution >= 4 is 5.91 Å². The predicted molar refractivity (Wildman–Crippen MR) is 106 cm³/mol. The molecule has 136 valence electrons. The number of rotatable bonds is 3. The van der Waals surface area contributed by atoms with E-state index in [1.54, 1.807) is 0 Å². The number of nitrogens with two attached hydrogens (primary N) is 1. The van der Waals surface area contributed by atoms with E-state index in [1.807, 2.05) is 6.07 Å². The van der Waals surface area contributed by atoms with Crippen molar-refractivity contribution in [3.63, 3.8) is 0 Å². The topological polar surface area (TPSA) is 46.3 Å². The molecule has 1 heterocycles. The van der Waals surface area contributed by atoms with Gasteiger partial charge in [0.1, 0.15) is 0 Å². The molecule has 1 saturated heterocycles. The summed E-state index contributed by atoms with van der Waals surface area (Å²) in [6, 6.07) is 19.3. The first-order valence-corrected chi connectivity index (χ1v) is 9.79. The number of hydrogen-bond donors (Lipinski definition) is 1. The van der Waals surface area contributed by atoms with Crippen molar-refractivity contribution in [1.82, 2.24) is 4.90 Å². The Kier molecular flexibility index (Phi) is 4.58. The number of carbonyl (C=O) groups excluding carboxylic acids is 1. The number of amides is 1. The van der Waals surface area contributed by atoms with Gasteiger partial charge in [0, 0.05) is 30.5 Å². The molecule has 2 aromatic rings. The van der Waals surface area contributed by atoms with E-state index in [-0.39, 0.29) is 17.4 Å². The van der Waals surface area contributed by atoms with Crippen LogP contribution in [0, 0.1) is 5.92 Å². The van der Waals surface area contributed by atoms with Crippen LogP contribution in [-0.4, -0.2) is 29.9 Å². The van der Waals surface area contributed by atoms with Gasteiger partial charge in [-0.2, -0.15) is 0 Å². The average molecular weight is 348 g/mol. The average Bonchev–Trinajstić information content (AvgIpc) is 3.41. The van der Waals surface area contributed by atoms with Crippen LogP contribution in [0.4, 0.5) is 0 Å². The minimum atomic E-state index is -0.0576. The molecule has 26 heavy (non-hydrogen) atoms. The molecule has 3 unspecified atom stereocenters. The van der Waals surface area contributed by atoms with E-state index in [0.29, 0.717) is 5.91 Å². The summed E-state index contributed by atoms with van der Waals surface area (Å²) in [7, 11) is 0. The van der Waals surface area contributed by atoms with Crippen molar-refractivity contribution in [2.24, 2.45) is 11.7 Å².